The van der Waals surface area contributed by atoms with Gasteiger partial charge in [-0.25, -0.2) is 0 Å². The summed E-state index contributed by atoms with van der Waals surface area (Å²) in [6.07, 6.45) is 5.14. The van der Waals surface area contributed by atoms with Gasteiger partial charge in [-0.2, -0.15) is 0 Å². The van der Waals surface area contributed by atoms with E-state index < -0.39 is 5.41 Å². The molecule has 0 amide bonds. The standard InChI is InChI=1S/C19H28O7/c1-19(8-22-2,10-24-18(21)12-6-15-16(7-12)26-15)9-23-17(20)11-3-4-13-14(5-11)25-13/h11-16H,3-10H2,1-2H3. The van der Waals surface area contributed by atoms with E-state index in [0.717, 1.165) is 32.1 Å². The van der Waals surface area contributed by atoms with E-state index in [1.807, 2.05) is 6.92 Å². The van der Waals surface area contributed by atoms with Crippen LogP contribution in [0.25, 0.3) is 0 Å². The fraction of sp³-hybridized carbons (Fsp3) is 0.895. The van der Waals surface area contributed by atoms with Crippen molar-refractivity contribution in [3.63, 3.8) is 0 Å². The third kappa shape index (κ3) is 4.05. The molecule has 4 fully saturated rings. The van der Waals surface area contributed by atoms with E-state index in [1.54, 1.807) is 7.11 Å². The van der Waals surface area contributed by atoms with Crippen LogP contribution >= 0.6 is 0 Å². The van der Waals surface area contributed by atoms with E-state index in [9.17, 15) is 9.59 Å². The lowest BCUT2D eigenvalue weighted by molar-refractivity contribution is -0.161. The van der Waals surface area contributed by atoms with Crippen molar-refractivity contribution in [1.29, 1.82) is 0 Å². The summed E-state index contributed by atoms with van der Waals surface area (Å²) in [4.78, 5) is 24.6. The number of methoxy groups -OCH3 is 1. The number of fused-ring (bicyclic) bond motifs is 2. The minimum absolute atomic E-state index is 0.0678. The Morgan fingerprint density at radius 1 is 0.846 bits per heavy atom. The predicted octanol–water partition coefficient (Wildman–Crippen LogP) is 1.47. The van der Waals surface area contributed by atoms with Gasteiger partial charge in [-0.15, -0.1) is 0 Å². The molecule has 146 valence electrons. The Labute approximate surface area is 153 Å². The van der Waals surface area contributed by atoms with Gasteiger partial charge in [0.15, 0.2) is 0 Å². The molecule has 6 unspecified atom stereocenters. The molecule has 4 rings (SSSR count). The summed E-state index contributed by atoms with van der Waals surface area (Å²) in [5.74, 6) is -0.514. The van der Waals surface area contributed by atoms with Crippen LogP contribution in [-0.2, 0) is 33.3 Å². The van der Waals surface area contributed by atoms with Gasteiger partial charge in [0.2, 0.25) is 0 Å². The van der Waals surface area contributed by atoms with E-state index in [-0.39, 0.29) is 55.3 Å². The Kier molecular flexibility index (Phi) is 4.96. The molecule has 6 atom stereocenters. The average molecular weight is 368 g/mol. The average Bonchev–Trinajstić information content (AvgIpc) is 3.54. The summed E-state index contributed by atoms with van der Waals surface area (Å²) in [6.45, 7) is 2.62. The van der Waals surface area contributed by atoms with E-state index in [1.165, 1.54) is 0 Å². The van der Waals surface area contributed by atoms with Gasteiger partial charge in [-0.3, -0.25) is 9.59 Å². The van der Waals surface area contributed by atoms with Gasteiger partial charge in [0.1, 0.15) is 13.2 Å². The van der Waals surface area contributed by atoms with Gasteiger partial charge in [0.05, 0.1) is 48.3 Å². The normalized spacial score (nSPS) is 39.3. The Morgan fingerprint density at radius 2 is 1.38 bits per heavy atom. The lowest BCUT2D eigenvalue weighted by atomic mass is 9.89. The van der Waals surface area contributed by atoms with Crippen molar-refractivity contribution in [2.45, 2.75) is 63.4 Å². The monoisotopic (exact) mass is 368 g/mol. The summed E-state index contributed by atoms with van der Waals surface area (Å²) in [7, 11) is 1.59. The van der Waals surface area contributed by atoms with Gasteiger partial charge in [-0.05, 0) is 32.1 Å². The van der Waals surface area contributed by atoms with Gasteiger partial charge in [0, 0.05) is 7.11 Å². The molecule has 0 aromatic carbocycles. The fourth-order valence-electron chi connectivity index (χ4n) is 4.26. The first-order valence-electron chi connectivity index (χ1n) is 9.60. The van der Waals surface area contributed by atoms with Crippen molar-refractivity contribution in [3.8, 4) is 0 Å². The van der Waals surface area contributed by atoms with Crippen LogP contribution < -0.4 is 0 Å². The second-order valence-electron chi connectivity index (χ2n) is 8.56. The highest BCUT2D eigenvalue weighted by atomic mass is 16.6. The van der Waals surface area contributed by atoms with Crippen LogP contribution in [0.2, 0.25) is 0 Å². The second kappa shape index (κ2) is 7.09. The topological polar surface area (TPSA) is 86.9 Å². The van der Waals surface area contributed by atoms with Crippen LogP contribution in [0.3, 0.4) is 0 Å². The summed E-state index contributed by atoms with van der Waals surface area (Å²) in [6, 6.07) is 0. The number of hydrogen-bond acceptors (Lipinski definition) is 7. The summed E-state index contributed by atoms with van der Waals surface area (Å²) in [5, 5.41) is 0. The van der Waals surface area contributed by atoms with Crippen molar-refractivity contribution in [2.75, 3.05) is 26.9 Å². The molecule has 7 nitrogen and oxygen atoms in total. The molecule has 2 saturated carbocycles. The molecular weight excluding hydrogens is 340 g/mol. The highest BCUT2D eigenvalue weighted by Gasteiger charge is 2.51. The van der Waals surface area contributed by atoms with Gasteiger partial charge < -0.3 is 23.7 Å². The number of epoxide rings is 2. The molecule has 0 aromatic rings. The SMILES string of the molecule is COCC(C)(COC(=O)C1CCC2OC2C1)COC(=O)C1CC2OC2C1. The zero-order valence-electron chi connectivity index (χ0n) is 15.5. The molecule has 2 heterocycles. The van der Waals surface area contributed by atoms with Gasteiger partial charge in [-0.1, -0.05) is 6.92 Å². The maximum absolute atomic E-state index is 12.4. The maximum Gasteiger partial charge on any atom is 0.309 e. The van der Waals surface area contributed by atoms with Crippen molar-refractivity contribution < 1.29 is 33.3 Å². The molecule has 2 aliphatic heterocycles. The lowest BCUT2D eigenvalue weighted by Gasteiger charge is -2.29. The van der Waals surface area contributed by atoms with Crippen molar-refractivity contribution in [2.24, 2.45) is 17.3 Å². The van der Waals surface area contributed by atoms with E-state index in [4.69, 9.17) is 23.7 Å². The number of carbonyl (C=O) groups is 2. The first-order valence-corrected chi connectivity index (χ1v) is 9.60. The van der Waals surface area contributed by atoms with Gasteiger partial charge in [0.25, 0.3) is 0 Å². The zero-order chi connectivity index (χ0) is 18.3. The van der Waals surface area contributed by atoms with Crippen LogP contribution in [0.4, 0.5) is 0 Å². The van der Waals surface area contributed by atoms with E-state index in [2.05, 4.69) is 0 Å². The molecule has 2 saturated heterocycles. The number of esters is 2. The molecule has 0 aromatic heterocycles. The summed E-state index contributed by atoms with van der Waals surface area (Å²) >= 11 is 0. The number of rotatable bonds is 8. The third-order valence-electron chi connectivity index (χ3n) is 6.01. The first-order chi connectivity index (χ1) is 12.5. The number of ether oxygens (including phenoxy) is 5. The fourth-order valence-corrected chi connectivity index (χ4v) is 4.26. The van der Waals surface area contributed by atoms with Crippen LogP contribution in [-0.4, -0.2) is 63.3 Å². The molecule has 7 heteroatoms. The van der Waals surface area contributed by atoms with E-state index >= 15 is 0 Å². The minimum Gasteiger partial charge on any atom is -0.465 e. The van der Waals surface area contributed by atoms with E-state index in [0.29, 0.717) is 12.7 Å². The Bertz CT molecular complexity index is 554. The van der Waals surface area contributed by atoms with Crippen molar-refractivity contribution in [1.82, 2.24) is 0 Å². The molecule has 0 bridgehead atoms. The maximum atomic E-state index is 12.4. The zero-order valence-corrected chi connectivity index (χ0v) is 15.5. The lowest BCUT2D eigenvalue weighted by Crippen LogP contribution is -2.37. The van der Waals surface area contributed by atoms with Crippen molar-refractivity contribution in [3.05, 3.63) is 0 Å². The summed E-state index contributed by atoms with van der Waals surface area (Å²) in [5.41, 5.74) is -0.550. The van der Waals surface area contributed by atoms with Crippen LogP contribution in [0.15, 0.2) is 0 Å². The van der Waals surface area contributed by atoms with Crippen LogP contribution in [0.5, 0.6) is 0 Å². The minimum atomic E-state index is -0.550. The summed E-state index contributed by atoms with van der Waals surface area (Å²) < 4.78 is 27.2. The molecule has 0 spiro atoms. The highest BCUT2D eigenvalue weighted by Crippen LogP contribution is 2.43. The molecule has 0 N–H and O–H groups in total. The van der Waals surface area contributed by atoms with Crippen LogP contribution in [0.1, 0.15) is 39.0 Å². The third-order valence-corrected chi connectivity index (χ3v) is 6.01. The van der Waals surface area contributed by atoms with Gasteiger partial charge >= 0.3 is 11.9 Å². The smallest absolute Gasteiger partial charge is 0.309 e. The quantitative estimate of drug-likeness (QED) is 0.474. The van der Waals surface area contributed by atoms with Crippen molar-refractivity contribution >= 4 is 11.9 Å². The highest BCUT2D eigenvalue weighted by molar-refractivity contribution is 5.73. The molecular formula is C19H28O7. The number of carbonyl (C=O) groups excluding carboxylic acids is 2. The Balaban J connectivity index is 1.23. The largest absolute Gasteiger partial charge is 0.465 e. The second-order valence-corrected chi connectivity index (χ2v) is 8.56. The first kappa shape index (κ1) is 18.2. The molecule has 0 radical (unpaired) electrons. The predicted molar refractivity (Wildman–Crippen MR) is 89.3 cm³/mol. The van der Waals surface area contributed by atoms with Crippen LogP contribution in [0, 0.1) is 17.3 Å². The molecule has 26 heavy (non-hydrogen) atoms. The molecule has 4 aliphatic rings. The molecule has 2 aliphatic carbocycles. The Morgan fingerprint density at radius 3 is 2.00 bits per heavy atom. The Hall–Kier alpha value is -1.18. The number of hydrogen-bond donors (Lipinski definition) is 0.